The van der Waals surface area contributed by atoms with Crippen molar-refractivity contribution in [2.75, 3.05) is 13.1 Å². The molecule has 2 rings (SSSR count). The van der Waals surface area contributed by atoms with Gasteiger partial charge in [0.15, 0.2) is 0 Å². The first-order valence-corrected chi connectivity index (χ1v) is 6.59. The molecule has 1 heterocycles. The lowest BCUT2D eigenvalue weighted by Crippen LogP contribution is -2.28. The van der Waals surface area contributed by atoms with Gasteiger partial charge in [0.05, 0.1) is 6.54 Å². The predicted octanol–water partition coefficient (Wildman–Crippen LogP) is 2.47. The number of hydrogen-bond acceptors (Lipinski definition) is 2. The van der Waals surface area contributed by atoms with Crippen molar-refractivity contribution in [2.45, 2.75) is 33.2 Å². The van der Waals surface area contributed by atoms with Crippen LogP contribution in [-0.4, -0.2) is 22.9 Å². The number of allylic oxidation sites excluding steroid dienone is 2. The van der Waals surface area contributed by atoms with E-state index < -0.39 is 0 Å². The minimum absolute atomic E-state index is 0.752. The lowest BCUT2D eigenvalue weighted by molar-refractivity contribution is 0.377. The minimum atomic E-state index is 0.752. The van der Waals surface area contributed by atoms with Gasteiger partial charge >= 0.3 is 0 Å². The number of hydrogen-bond donors (Lipinski definition) is 1. The van der Waals surface area contributed by atoms with E-state index in [9.17, 15) is 0 Å². The van der Waals surface area contributed by atoms with Crippen molar-refractivity contribution in [1.29, 1.82) is 0 Å². The average molecular weight is 233 g/mol. The van der Waals surface area contributed by atoms with Crippen LogP contribution in [0.5, 0.6) is 0 Å². The Kier molecular flexibility index (Phi) is 4.37. The average Bonchev–Trinajstić information content (AvgIpc) is 2.76. The summed E-state index contributed by atoms with van der Waals surface area (Å²) < 4.78 is 1.97. The molecule has 0 saturated carbocycles. The molecule has 2 unspecified atom stereocenters. The molecule has 0 bridgehead atoms. The SMILES string of the molecule is CC1=CC(C)CC(CNCCn2cccn2)C1. The third-order valence-corrected chi connectivity index (χ3v) is 3.39. The first kappa shape index (κ1) is 12.4. The second-order valence-electron chi connectivity index (χ2n) is 5.27. The monoisotopic (exact) mass is 233 g/mol. The smallest absolute Gasteiger partial charge is 0.0533 e. The topological polar surface area (TPSA) is 29.9 Å². The number of aromatic nitrogens is 2. The summed E-state index contributed by atoms with van der Waals surface area (Å²) in [5.74, 6) is 1.56. The fourth-order valence-corrected chi connectivity index (χ4v) is 2.77. The second-order valence-corrected chi connectivity index (χ2v) is 5.27. The summed E-state index contributed by atoms with van der Waals surface area (Å²) in [6.07, 6.45) is 8.85. The molecular weight excluding hydrogens is 210 g/mol. The fourth-order valence-electron chi connectivity index (χ4n) is 2.77. The van der Waals surface area contributed by atoms with Crippen LogP contribution in [-0.2, 0) is 6.54 Å². The first-order valence-electron chi connectivity index (χ1n) is 6.59. The molecule has 0 amide bonds. The van der Waals surface area contributed by atoms with Crippen molar-refractivity contribution in [2.24, 2.45) is 11.8 Å². The molecule has 0 spiro atoms. The predicted molar refractivity (Wildman–Crippen MR) is 70.7 cm³/mol. The zero-order chi connectivity index (χ0) is 12.1. The minimum Gasteiger partial charge on any atom is -0.315 e. The summed E-state index contributed by atoms with van der Waals surface area (Å²) in [5.41, 5.74) is 1.56. The lowest BCUT2D eigenvalue weighted by atomic mass is 9.84. The molecule has 94 valence electrons. The highest BCUT2D eigenvalue weighted by Gasteiger charge is 2.17. The number of rotatable bonds is 5. The van der Waals surface area contributed by atoms with Gasteiger partial charge in [-0.2, -0.15) is 5.10 Å². The maximum absolute atomic E-state index is 4.19. The summed E-state index contributed by atoms with van der Waals surface area (Å²) in [7, 11) is 0. The standard InChI is InChI=1S/C14H23N3/c1-12-8-13(2)10-14(9-12)11-15-5-7-17-6-3-4-16-17/h3-4,6,8,12,14-15H,5,7,9-11H2,1-2H3. The van der Waals surface area contributed by atoms with Gasteiger partial charge in [-0.3, -0.25) is 4.68 Å². The highest BCUT2D eigenvalue weighted by molar-refractivity contribution is 5.06. The van der Waals surface area contributed by atoms with Crippen molar-refractivity contribution in [3.8, 4) is 0 Å². The van der Waals surface area contributed by atoms with Crippen LogP contribution in [0, 0.1) is 11.8 Å². The zero-order valence-electron chi connectivity index (χ0n) is 10.9. The van der Waals surface area contributed by atoms with E-state index >= 15 is 0 Å². The van der Waals surface area contributed by atoms with E-state index in [0.29, 0.717) is 0 Å². The Labute approximate surface area is 104 Å². The van der Waals surface area contributed by atoms with Gasteiger partial charge in [-0.15, -0.1) is 0 Å². The Morgan fingerprint density at radius 3 is 3.12 bits per heavy atom. The number of nitrogens with zero attached hydrogens (tertiary/aromatic N) is 2. The Morgan fingerprint density at radius 2 is 2.41 bits per heavy atom. The van der Waals surface area contributed by atoms with E-state index in [0.717, 1.165) is 31.5 Å². The maximum Gasteiger partial charge on any atom is 0.0533 e. The van der Waals surface area contributed by atoms with Crippen molar-refractivity contribution >= 4 is 0 Å². The van der Waals surface area contributed by atoms with E-state index in [1.54, 1.807) is 5.57 Å². The van der Waals surface area contributed by atoms with Crippen LogP contribution in [0.1, 0.15) is 26.7 Å². The third-order valence-electron chi connectivity index (χ3n) is 3.39. The van der Waals surface area contributed by atoms with E-state index in [-0.39, 0.29) is 0 Å². The van der Waals surface area contributed by atoms with E-state index in [1.807, 2.05) is 23.1 Å². The van der Waals surface area contributed by atoms with Crippen molar-refractivity contribution in [1.82, 2.24) is 15.1 Å². The molecule has 0 saturated heterocycles. The van der Waals surface area contributed by atoms with Gasteiger partial charge in [-0.1, -0.05) is 18.6 Å². The van der Waals surface area contributed by atoms with Gasteiger partial charge in [-0.25, -0.2) is 0 Å². The van der Waals surface area contributed by atoms with E-state index in [1.165, 1.54) is 12.8 Å². The molecule has 0 fully saturated rings. The molecule has 3 nitrogen and oxygen atoms in total. The zero-order valence-corrected chi connectivity index (χ0v) is 10.9. The molecule has 17 heavy (non-hydrogen) atoms. The highest BCUT2D eigenvalue weighted by Crippen LogP contribution is 2.27. The fraction of sp³-hybridized carbons (Fsp3) is 0.643. The lowest BCUT2D eigenvalue weighted by Gasteiger charge is -2.25. The van der Waals surface area contributed by atoms with Crippen LogP contribution in [0.2, 0.25) is 0 Å². The molecule has 1 aliphatic carbocycles. The molecular formula is C14H23N3. The van der Waals surface area contributed by atoms with Gasteiger partial charge < -0.3 is 5.32 Å². The van der Waals surface area contributed by atoms with E-state index in [2.05, 4.69) is 30.3 Å². The largest absolute Gasteiger partial charge is 0.315 e. The molecule has 0 aromatic carbocycles. The maximum atomic E-state index is 4.19. The van der Waals surface area contributed by atoms with Gasteiger partial charge in [0.1, 0.15) is 0 Å². The van der Waals surface area contributed by atoms with Crippen molar-refractivity contribution in [3.05, 3.63) is 30.1 Å². The van der Waals surface area contributed by atoms with Gasteiger partial charge in [0.25, 0.3) is 0 Å². The highest BCUT2D eigenvalue weighted by atomic mass is 15.3. The third kappa shape index (κ3) is 4.00. The molecule has 3 heteroatoms. The molecule has 0 aliphatic heterocycles. The van der Waals surface area contributed by atoms with Crippen molar-refractivity contribution < 1.29 is 0 Å². The summed E-state index contributed by atoms with van der Waals surface area (Å²) in [6, 6.07) is 1.97. The summed E-state index contributed by atoms with van der Waals surface area (Å²) >= 11 is 0. The van der Waals surface area contributed by atoms with Gasteiger partial charge in [-0.05, 0) is 44.2 Å². The van der Waals surface area contributed by atoms with Crippen LogP contribution in [0.3, 0.4) is 0 Å². The Balaban J connectivity index is 1.64. The van der Waals surface area contributed by atoms with Gasteiger partial charge in [0.2, 0.25) is 0 Å². The quantitative estimate of drug-likeness (QED) is 0.625. The summed E-state index contributed by atoms with van der Waals surface area (Å²) in [5, 5.41) is 7.74. The van der Waals surface area contributed by atoms with E-state index in [4.69, 9.17) is 0 Å². The normalized spacial score (nSPS) is 24.7. The Bertz CT molecular complexity index is 354. The summed E-state index contributed by atoms with van der Waals surface area (Å²) in [6.45, 7) is 7.68. The van der Waals surface area contributed by atoms with Crippen LogP contribution in [0.4, 0.5) is 0 Å². The van der Waals surface area contributed by atoms with Crippen LogP contribution in [0.25, 0.3) is 0 Å². The Hall–Kier alpha value is -1.09. The van der Waals surface area contributed by atoms with Crippen LogP contribution < -0.4 is 5.32 Å². The molecule has 1 aromatic rings. The Morgan fingerprint density at radius 1 is 1.53 bits per heavy atom. The van der Waals surface area contributed by atoms with Gasteiger partial charge in [0, 0.05) is 18.9 Å². The van der Waals surface area contributed by atoms with Crippen molar-refractivity contribution in [3.63, 3.8) is 0 Å². The van der Waals surface area contributed by atoms with Crippen LogP contribution >= 0.6 is 0 Å². The molecule has 1 aromatic heterocycles. The molecule has 0 radical (unpaired) electrons. The number of nitrogens with one attached hydrogen (secondary N) is 1. The molecule has 1 N–H and O–H groups in total. The van der Waals surface area contributed by atoms with Crippen LogP contribution in [0.15, 0.2) is 30.1 Å². The first-order chi connectivity index (χ1) is 8.24. The molecule has 1 aliphatic rings. The summed E-state index contributed by atoms with van der Waals surface area (Å²) in [4.78, 5) is 0. The molecule has 2 atom stereocenters. The second kappa shape index (κ2) is 6.01.